The number of furan rings is 1. The maximum atomic E-state index is 13.5. The maximum Gasteiger partial charge on any atom is 0.289 e. The Morgan fingerprint density at radius 3 is 2.72 bits per heavy atom. The number of carbonyl (C=O) groups is 1. The van der Waals surface area contributed by atoms with Crippen molar-refractivity contribution in [3.63, 3.8) is 0 Å². The van der Waals surface area contributed by atoms with Gasteiger partial charge in [-0.05, 0) is 25.1 Å². The van der Waals surface area contributed by atoms with Crippen molar-refractivity contribution in [1.82, 2.24) is 4.90 Å². The number of fused-ring (bicyclic) bond motifs is 1. The predicted molar refractivity (Wildman–Crippen MR) is 94.8 cm³/mol. The van der Waals surface area contributed by atoms with Gasteiger partial charge in [0.1, 0.15) is 6.61 Å². The third-order valence-corrected chi connectivity index (χ3v) is 4.28. The van der Waals surface area contributed by atoms with E-state index < -0.39 is 5.82 Å². The van der Waals surface area contributed by atoms with E-state index in [1.807, 2.05) is 19.1 Å². The summed E-state index contributed by atoms with van der Waals surface area (Å²) in [5.74, 6) is -0.298. The van der Waals surface area contributed by atoms with Gasteiger partial charge in [-0.2, -0.15) is 0 Å². The Labute approximate surface area is 149 Å². The van der Waals surface area contributed by atoms with Crippen molar-refractivity contribution in [1.29, 1.82) is 0 Å². The average Bonchev–Trinajstić information content (AvgIpc) is 2.94. The predicted octanol–water partition coefficient (Wildman–Crippen LogP) is 4.68. The molecular formula is C19H17ClFNO3. The van der Waals surface area contributed by atoms with E-state index in [0.717, 1.165) is 10.9 Å². The summed E-state index contributed by atoms with van der Waals surface area (Å²) >= 11 is 6.12. The first-order chi connectivity index (χ1) is 12.0. The number of nitrogens with zero attached hydrogens (tertiary/aromatic N) is 1. The van der Waals surface area contributed by atoms with E-state index in [1.54, 1.807) is 31.3 Å². The first-order valence-electron chi connectivity index (χ1n) is 7.79. The van der Waals surface area contributed by atoms with Gasteiger partial charge >= 0.3 is 0 Å². The second kappa shape index (κ2) is 7.15. The van der Waals surface area contributed by atoms with Gasteiger partial charge in [0.25, 0.3) is 5.91 Å². The molecular weight excluding hydrogens is 345 g/mol. The van der Waals surface area contributed by atoms with Gasteiger partial charge in [0.2, 0.25) is 0 Å². The number of aryl methyl sites for hydroxylation is 1. The molecule has 0 N–H and O–H groups in total. The van der Waals surface area contributed by atoms with Crippen LogP contribution in [0.4, 0.5) is 4.39 Å². The summed E-state index contributed by atoms with van der Waals surface area (Å²) in [4.78, 5) is 14.1. The van der Waals surface area contributed by atoms with Crippen molar-refractivity contribution in [3.05, 3.63) is 64.6 Å². The van der Waals surface area contributed by atoms with Crippen molar-refractivity contribution in [2.75, 3.05) is 20.2 Å². The van der Waals surface area contributed by atoms with Crippen molar-refractivity contribution >= 4 is 28.5 Å². The highest BCUT2D eigenvalue weighted by Crippen LogP contribution is 2.31. The molecule has 0 radical (unpaired) electrons. The summed E-state index contributed by atoms with van der Waals surface area (Å²) in [6.07, 6.45) is 0. The van der Waals surface area contributed by atoms with E-state index in [0.29, 0.717) is 10.6 Å². The molecule has 4 nitrogen and oxygen atoms in total. The topological polar surface area (TPSA) is 42.7 Å². The standard InChI is InChI=1S/C19H17ClFNO3/c1-12-13-6-5-7-14(20)18(13)25-17(12)19(23)22(2)10-11-24-16-9-4-3-8-15(16)21/h3-9H,10-11H2,1-2H3. The van der Waals surface area contributed by atoms with Crippen LogP contribution in [0, 0.1) is 12.7 Å². The Bertz CT molecular complexity index is 922. The molecule has 0 spiro atoms. The highest BCUT2D eigenvalue weighted by molar-refractivity contribution is 6.35. The Morgan fingerprint density at radius 2 is 2.00 bits per heavy atom. The minimum Gasteiger partial charge on any atom is -0.489 e. The van der Waals surface area contributed by atoms with Crippen LogP contribution < -0.4 is 4.74 Å². The number of likely N-dealkylation sites (N-methyl/N-ethyl adjacent to an activating group) is 1. The van der Waals surface area contributed by atoms with Crippen LogP contribution in [0.15, 0.2) is 46.9 Å². The lowest BCUT2D eigenvalue weighted by molar-refractivity contribution is 0.0743. The third kappa shape index (κ3) is 3.46. The molecule has 0 aliphatic rings. The Balaban J connectivity index is 1.69. The zero-order valence-corrected chi connectivity index (χ0v) is 14.6. The second-order valence-electron chi connectivity index (χ2n) is 5.68. The molecule has 130 valence electrons. The summed E-state index contributed by atoms with van der Waals surface area (Å²) < 4.78 is 24.6. The van der Waals surface area contributed by atoms with E-state index in [-0.39, 0.29) is 30.6 Å². The molecule has 2 aromatic carbocycles. The normalized spacial score (nSPS) is 10.9. The van der Waals surface area contributed by atoms with Gasteiger partial charge in [-0.3, -0.25) is 4.79 Å². The van der Waals surface area contributed by atoms with Crippen LogP contribution >= 0.6 is 11.6 Å². The van der Waals surface area contributed by atoms with Gasteiger partial charge in [-0.25, -0.2) is 4.39 Å². The molecule has 0 saturated heterocycles. The number of hydrogen-bond acceptors (Lipinski definition) is 3. The smallest absolute Gasteiger partial charge is 0.289 e. The van der Waals surface area contributed by atoms with Crippen LogP contribution in [0.1, 0.15) is 16.1 Å². The molecule has 0 aliphatic heterocycles. The van der Waals surface area contributed by atoms with E-state index >= 15 is 0 Å². The van der Waals surface area contributed by atoms with Gasteiger partial charge in [0, 0.05) is 18.0 Å². The molecule has 0 unspecified atom stereocenters. The molecule has 1 aromatic heterocycles. The van der Waals surface area contributed by atoms with Crippen molar-refractivity contribution in [2.24, 2.45) is 0 Å². The molecule has 1 heterocycles. The van der Waals surface area contributed by atoms with Gasteiger partial charge in [-0.1, -0.05) is 35.9 Å². The molecule has 6 heteroatoms. The maximum absolute atomic E-state index is 13.5. The van der Waals surface area contributed by atoms with Crippen LogP contribution in [0.5, 0.6) is 5.75 Å². The Hall–Kier alpha value is -2.53. The molecule has 0 saturated carbocycles. The molecule has 0 fully saturated rings. The van der Waals surface area contributed by atoms with Gasteiger partial charge in [-0.15, -0.1) is 0 Å². The summed E-state index contributed by atoms with van der Waals surface area (Å²) in [5, 5.41) is 1.28. The number of halogens is 2. The van der Waals surface area contributed by atoms with Crippen LogP contribution in [-0.4, -0.2) is 31.0 Å². The summed E-state index contributed by atoms with van der Waals surface area (Å²) in [6, 6.07) is 11.5. The number of amides is 1. The fourth-order valence-corrected chi connectivity index (χ4v) is 2.76. The first kappa shape index (κ1) is 17.3. The van der Waals surface area contributed by atoms with Crippen LogP contribution in [0.3, 0.4) is 0 Å². The van der Waals surface area contributed by atoms with Crippen molar-refractivity contribution < 1.29 is 18.3 Å². The largest absolute Gasteiger partial charge is 0.489 e. The van der Waals surface area contributed by atoms with Gasteiger partial charge in [0.05, 0.1) is 11.6 Å². The monoisotopic (exact) mass is 361 g/mol. The zero-order chi connectivity index (χ0) is 18.0. The average molecular weight is 362 g/mol. The third-order valence-electron chi connectivity index (χ3n) is 3.98. The number of benzene rings is 2. The van der Waals surface area contributed by atoms with E-state index in [4.69, 9.17) is 20.8 Å². The van der Waals surface area contributed by atoms with Crippen LogP contribution in [-0.2, 0) is 0 Å². The lowest BCUT2D eigenvalue weighted by atomic mass is 10.1. The minimum absolute atomic E-state index is 0.162. The molecule has 0 atom stereocenters. The SMILES string of the molecule is Cc1c(C(=O)N(C)CCOc2ccccc2F)oc2c(Cl)cccc12. The minimum atomic E-state index is -0.431. The van der Waals surface area contributed by atoms with Gasteiger partial charge < -0.3 is 14.1 Å². The number of rotatable bonds is 5. The quantitative estimate of drug-likeness (QED) is 0.662. The fourth-order valence-electron chi connectivity index (χ4n) is 2.54. The molecule has 25 heavy (non-hydrogen) atoms. The summed E-state index contributed by atoms with van der Waals surface area (Å²) in [6.45, 7) is 2.28. The fraction of sp³-hybridized carbons (Fsp3) is 0.211. The Morgan fingerprint density at radius 1 is 1.24 bits per heavy atom. The number of carbonyl (C=O) groups excluding carboxylic acids is 1. The molecule has 3 aromatic rings. The molecule has 3 rings (SSSR count). The number of hydrogen-bond donors (Lipinski definition) is 0. The van der Waals surface area contributed by atoms with Crippen LogP contribution in [0.2, 0.25) is 5.02 Å². The zero-order valence-electron chi connectivity index (χ0n) is 13.9. The first-order valence-corrected chi connectivity index (χ1v) is 8.17. The number of ether oxygens (including phenoxy) is 1. The highest BCUT2D eigenvalue weighted by Gasteiger charge is 2.22. The second-order valence-corrected chi connectivity index (χ2v) is 6.09. The molecule has 0 aliphatic carbocycles. The van der Waals surface area contributed by atoms with Crippen molar-refractivity contribution in [2.45, 2.75) is 6.92 Å². The summed E-state index contributed by atoms with van der Waals surface area (Å²) in [5.41, 5.74) is 1.24. The van der Waals surface area contributed by atoms with Crippen molar-refractivity contribution in [3.8, 4) is 5.75 Å². The lowest BCUT2D eigenvalue weighted by Crippen LogP contribution is -2.31. The van der Waals surface area contributed by atoms with Crippen LogP contribution in [0.25, 0.3) is 11.0 Å². The van der Waals surface area contributed by atoms with E-state index in [1.165, 1.54) is 11.0 Å². The molecule has 0 bridgehead atoms. The molecule has 1 amide bonds. The summed E-state index contributed by atoms with van der Waals surface area (Å²) in [7, 11) is 1.64. The number of para-hydroxylation sites is 2. The highest BCUT2D eigenvalue weighted by atomic mass is 35.5. The van der Waals surface area contributed by atoms with E-state index in [2.05, 4.69) is 0 Å². The lowest BCUT2D eigenvalue weighted by Gasteiger charge is -2.16. The Kier molecular flexibility index (Phi) is 4.95. The van der Waals surface area contributed by atoms with Gasteiger partial charge in [0.15, 0.2) is 22.9 Å². The van der Waals surface area contributed by atoms with E-state index in [9.17, 15) is 9.18 Å².